The number of aromatic nitrogens is 1. The van der Waals surface area contributed by atoms with E-state index in [9.17, 15) is 9.18 Å². The smallest absolute Gasteiger partial charge is 0.252 e. The number of rotatable bonds is 3. The first-order chi connectivity index (χ1) is 9.08. The second kappa shape index (κ2) is 6.10. The number of pyridine rings is 1. The lowest BCUT2D eigenvalue weighted by molar-refractivity contribution is 0.0950. The fraction of sp³-hybridized carbons (Fsp3) is 0.143. The molecule has 0 bridgehead atoms. The van der Waals surface area contributed by atoms with E-state index in [1.54, 1.807) is 12.4 Å². The van der Waals surface area contributed by atoms with Crippen LogP contribution >= 0.6 is 22.6 Å². The van der Waals surface area contributed by atoms with Gasteiger partial charge in [0.05, 0.1) is 5.56 Å². The summed E-state index contributed by atoms with van der Waals surface area (Å²) >= 11 is 1.95. The van der Waals surface area contributed by atoms with E-state index in [1.807, 2.05) is 35.6 Å². The molecule has 2 rings (SSSR count). The molecule has 19 heavy (non-hydrogen) atoms. The number of hydrogen-bond acceptors (Lipinski definition) is 2. The van der Waals surface area contributed by atoms with E-state index < -0.39 is 0 Å². The molecule has 2 aromatic rings. The molecule has 0 atom stereocenters. The zero-order valence-electron chi connectivity index (χ0n) is 10.3. The Morgan fingerprint density at radius 1 is 1.42 bits per heavy atom. The molecule has 0 saturated heterocycles. The number of hydrogen-bond donors (Lipinski definition) is 1. The van der Waals surface area contributed by atoms with Crippen molar-refractivity contribution in [3.05, 3.63) is 62.7 Å². The van der Waals surface area contributed by atoms with Crippen LogP contribution in [0.25, 0.3) is 0 Å². The Bertz CT molecular complexity index is 616. The summed E-state index contributed by atoms with van der Waals surface area (Å²) in [7, 11) is 0. The highest BCUT2D eigenvalue weighted by molar-refractivity contribution is 14.1. The second-order valence-corrected chi connectivity index (χ2v) is 5.27. The Morgan fingerprint density at radius 3 is 2.89 bits per heavy atom. The average Bonchev–Trinajstić information content (AvgIpc) is 2.37. The summed E-state index contributed by atoms with van der Waals surface area (Å²) in [4.78, 5) is 16.0. The lowest BCUT2D eigenvalue weighted by atomic mass is 10.1. The number of carbonyl (C=O) groups is 1. The highest BCUT2D eigenvalue weighted by Crippen LogP contribution is 2.14. The first kappa shape index (κ1) is 13.9. The van der Waals surface area contributed by atoms with E-state index in [-0.39, 0.29) is 11.7 Å². The molecule has 1 heterocycles. The van der Waals surface area contributed by atoms with Crippen molar-refractivity contribution in [1.82, 2.24) is 10.3 Å². The minimum Gasteiger partial charge on any atom is -0.348 e. The van der Waals surface area contributed by atoms with E-state index in [1.165, 1.54) is 18.2 Å². The van der Waals surface area contributed by atoms with Gasteiger partial charge in [-0.25, -0.2) is 4.39 Å². The van der Waals surface area contributed by atoms with Crippen LogP contribution in [0.5, 0.6) is 0 Å². The van der Waals surface area contributed by atoms with Crippen LogP contribution in [0.1, 0.15) is 21.5 Å². The normalized spacial score (nSPS) is 10.3. The molecule has 1 aromatic heterocycles. The van der Waals surface area contributed by atoms with Crippen molar-refractivity contribution in [3.63, 3.8) is 0 Å². The highest BCUT2D eigenvalue weighted by atomic mass is 127. The molecule has 0 radical (unpaired) electrons. The van der Waals surface area contributed by atoms with Gasteiger partial charge >= 0.3 is 0 Å². The third kappa shape index (κ3) is 3.50. The molecule has 3 nitrogen and oxygen atoms in total. The molecule has 0 aliphatic heterocycles. The van der Waals surface area contributed by atoms with E-state index >= 15 is 0 Å². The molecule has 0 aliphatic carbocycles. The molecular formula is C14H12FIN2O. The zero-order valence-corrected chi connectivity index (χ0v) is 12.4. The zero-order chi connectivity index (χ0) is 13.8. The van der Waals surface area contributed by atoms with Gasteiger partial charge in [-0.1, -0.05) is 0 Å². The molecule has 98 valence electrons. The van der Waals surface area contributed by atoms with E-state index in [2.05, 4.69) is 10.3 Å². The molecular weight excluding hydrogens is 358 g/mol. The van der Waals surface area contributed by atoms with Crippen LogP contribution in [0.3, 0.4) is 0 Å². The third-order valence-corrected chi connectivity index (χ3v) is 3.64. The van der Waals surface area contributed by atoms with Gasteiger partial charge in [0.15, 0.2) is 0 Å². The van der Waals surface area contributed by atoms with Gasteiger partial charge in [-0.15, -0.1) is 0 Å². The lowest BCUT2D eigenvalue weighted by Gasteiger charge is -2.08. The standard InChI is InChI=1S/C14H12FIN2O/c1-9-7-17-5-4-10(9)8-18-14(19)12-3-2-11(15)6-13(12)16/h2-7H,8H2,1H3,(H,18,19). The topological polar surface area (TPSA) is 42.0 Å². The minimum atomic E-state index is -0.342. The van der Waals surface area contributed by atoms with Crippen molar-refractivity contribution in [2.45, 2.75) is 13.5 Å². The Kier molecular flexibility index (Phi) is 4.47. The molecule has 1 amide bonds. The summed E-state index contributed by atoms with van der Waals surface area (Å²) in [5.74, 6) is -0.549. The molecule has 0 saturated carbocycles. The van der Waals surface area contributed by atoms with Gasteiger partial charge in [0.25, 0.3) is 5.91 Å². The Hall–Kier alpha value is -1.50. The Balaban J connectivity index is 2.08. The van der Waals surface area contributed by atoms with Crippen LogP contribution in [0, 0.1) is 16.3 Å². The largest absolute Gasteiger partial charge is 0.348 e. The van der Waals surface area contributed by atoms with Crippen molar-refractivity contribution in [3.8, 4) is 0 Å². The molecule has 0 spiro atoms. The maximum atomic E-state index is 13.0. The fourth-order valence-corrected chi connectivity index (χ4v) is 2.37. The SMILES string of the molecule is Cc1cnccc1CNC(=O)c1ccc(F)cc1I. The van der Waals surface area contributed by atoms with Crippen molar-refractivity contribution in [1.29, 1.82) is 0 Å². The molecule has 1 N–H and O–H groups in total. The quantitative estimate of drug-likeness (QED) is 0.844. The fourth-order valence-electron chi connectivity index (χ4n) is 1.64. The van der Waals surface area contributed by atoms with Crippen molar-refractivity contribution >= 4 is 28.5 Å². The van der Waals surface area contributed by atoms with E-state index in [4.69, 9.17) is 0 Å². The summed E-state index contributed by atoms with van der Waals surface area (Å²) < 4.78 is 13.6. The predicted octanol–water partition coefficient (Wildman–Crippen LogP) is 3.06. The van der Waals surface area contributed by atoms with E-state index in [0.29, 0.717) is 15.7 Å². The molecule has 0 fully saturated rings. The molecule has 5 heteroatoms. The summed E-state index contributed by atoms with van der Waals surface area (Å²) in [5.41, 5.74) is 2.52. The summed E-state index contributed by atoms with van der Waals surface area (Å²) in [6.45, 7) is 2.37. The van der Waals surface area contributed by atoms with Gasteiger partial charge in [-0.05, 0) is 64.9 Å². The van der Waals surface area contributed by atoms with Gasteiger partial charge in [-0.2, -0.15) is 0 Å². The number of carbonyl (C=O) groups excluding carboxylic acids is 1. The number of halogens is 2. The summed E-state index contributed by atoms with van der Waals surface area (Å²) in [6.07, 6.45) is 3.44. The first-order valence-corrected chi connectivity index (χ1v) is 6.78. The van der Waals surface area contributed by atoms with Gasteiger partial charge in [0, 0.05) is 22.5 Å². The van der Waals surface area contributed by atoms with Crippen LogP contribution < -0.4 is 5.32 Å². The number of nitrogens with one attached hydrogen (secondary N) is 1. The second-order valence-electron chi connectivity index (χ2n) is 4.11. The molecule has 0 aliphatic rings. The Morgan fingerprint density at radius 2 is 2.21 bits per heavy atom. The van der Waals surface area contributed by atoms with Crippen LogP contribution in [0.15, 0.2) is 36.7 Å². The molecule has 1 aromatic carbocycles. The van der Waals surface area contributed by atoms with Crippen molar-refractivity contribution < 1.29 is 9.18 Å². The lowest BCUT2D eigenvalue weighted by Crippen LogP contribution is -2.24. The maximum Gasteiger partial charge on any atom is 0.252 e. The van der Waals surface area contributed by atoms with Crippen molar-refractivity contribution in [2.24, 2.45) is 0 Å². The monoisotopic (exact) mass is 370 g/mol. The van der Waals surface area contributed by atoms with E-state index in [0.717, 1.165) is 11.1 Å². The number of amides is 1. The van der Waals surface area contributed by atoms with Gasteiger partial charge < -0.3 is 5.32 Å². The van der Waals surface area contributed by atoms with Gasteiger partial charge in [0.2, 0.25) is 0 Å². The highest BCUT2D eigenvalue weighted by Gasteiger charge is 2.10. The van der Waals surface area contributed by atoms with Gasteiger partial charge in [-0.3, -0.25) is 9.78 Å². The Labute approximate surface area is 124 Å². The number of benzene rings is 1. The van der Waals surface area contributed by atoms with Crippen LogP contribution in [-0.2, 0) is 6.54 Å². The van der Waals surface area contributed by atoms with Gasteiger partial charge in [0.1, 0.15) is 5.82 Å². The maximum absolute atomic E-state index is 13.0. The predicted molar refractivity (Wildman–Crippen MR) is 79.3 cm³/mol. The average molecular weight is 370 g/mol. The summed E-state index contributed by atoms with van der Waals surface area (Å²) in [5, 5.41) is 2.82. The van der Waals surface area contributed by atoms with Crippen LogP contribution in [-0.4, -0.2) is 10.9 Å². The number of aryl methyl sites for hydroxylation is 1. The van der Waals surface area contributed by atoms with Crippen LogP contribution in [0.4, 0.5) is 4.39 Å². The molecule has 0 unspecified atom stereocenters. The first-order valence-electron chi connectivity index (χ1n) is 5.70. The van der Waals surface area contributed by atoms with Crippen LogP contribution in [0.2, 0.25) is 0 Å². The minimum absolute atomic E-state index is 0.208. The summed E-state index contributed by atoms with van der Waals surface area (Å²) in [6, 6.07) is 5.99. The number of nitrogens with zero attached hydrogens (tertiary/aromatic N) is 1. The van der Waals surface area contributed by atoms with Crippen molar-refractivity contribution in [2.75, 3.05) is 0 Å². The third-order valence-electron chi connectivity index (χ3n) is 2.75.